The fourth-order valence-corrected chi connectivity index (χ4v) is 2.48. The summed E-state index contributed by atoms with van der Waals surface area (Å²) in [5.74, 6) is 1.33. The van der Waals surface area contributed by atoms with E-state index >= 15 is 0 Å². The van der Waals surface area contributed by atoms with Gasteiger partial charge in [0.15, 0.2) is 11.5 Å². The highest BCUT2D eigenvalue weighted by atomic mass is 35.5. The first-order chi connectivity index (χ1) is 12.5. The van der Waals surface area contributed by atoms with Gasteiger partial charge in [0, 0.05) is 10.6 Å². The lowest BCUT2D eigenvalue weighted by Crippen LogP contribution is -2.18. The molecule has 0 fully saturated rings. The summed E-state index contributed by atoms with van der Waals surface area (Å²) in [6.45, 7) is 0. The highest BCUT2D eigenvalue weighted by Gasteiger charge is 2.15. The van der Waals surface area contributed by atoms with Gasteiger partial charge in [0.2, 0.25) is 5.75 Å². The highest BCUT2D eigenvalue weighted by Crippen LogP contribution is 2.38. The minimum absolute atomic E-state index is 0.274. The monoisotopic (exact) mass is 378 g/mol. The Kier molecular flexibility index (Phi) is 6.68. The summed E-state index contributed by atoms with van der Waals surface area (Å²) in [7, 11) is 6.01. The van der Waals surface area contributed by atoms with Crippen LogP contribution in [0.3, 0.4) is 0 Å². The van der Waals surface area contributed by atoms with Crippen LogP contribution in [0.5, 0.6) is 23.0 Å². The molecule has 0 atom stereocenters. The maximum atomic E-state index is 12.3. The van der Waals surface area contributed by atoms with E-state index in [-0.39, 0.29) is 5.56 Å². The molecule has 0 aliphatic heterocycles. The van der Waals surface area contributed by atoms with Crippen molar-refractivity contribution in [3.63, 3.8) is 0 Å². The third kappa shape index (κ3) is 4.18. The molecule has 1 N–H and O–H groups in total. The average molecular weight is 379 g/mol. The molecule has 0 radical (unpaired) electrons. The fourth-order valence-electron chi connectivity index (χ4n) is 2.30. The van der Waals surface area contributed by atoms with Gasteiger partial charge in [-0.3, -0.25) is 4.79 Å². The molecule has 2 aromatic carbocycles. The van der Waals surface area contributed by atoms with E-state index in [9.17, 15) is 4.79 Å². The molecule has 26 heavy (non-hydrogen) atoms. The second-order valence-electron chi connectivity index (χ2n) is 4.97. The number of nitrogens with zero attached hydrogens (tertiary/aromatic N) is 1. The van der Waals surface area contributed by atoms with Gasteiger partial charge in [0.25, 0.3) is 5.91 Å². The average Bonchev–Trinajstić information content (AvgIpc) is 2.66. The Morgan fingerprint density at radius 3 is 2.23 bits per heavy atom. The molecule has 0 saturated heterocycles. The number of ether oxygens (including phenoxy) is 4. The summed E-state index contributed by atoms with van der Waals surface area (Å²) in [5.41, 5.74) is 3.31. The predicted molar refractivity (Wildman–Crippen MR) is 99.2 cm³/mol. The molecule has 1 amide bonds. The summed E-state index contributed by atoms with van der Waals surface area (Å²) < 4.78 is 21.0. The Hall–Kier alpha value is -2.93. The van der Waals surface area contributed by atoms with E-state index in [1.54, 1.807) is 24.3 Å². The van der Waals surface area contributed by atoms with Crippen LogP contribution in [-0.2, 0) is 0 Å². The van der Waals surface area contributed by atoms with Gasteiger partial charge in [-0.25, -0.2) is 5.43 Å². The van der Waals surface area contributed by atoms with E-state index in [1.165, 1.54) is 40.7 Å². The van der Waals surface area contributed by atoms with Crippen LogP contribution in [0.4, 0.5) is 0 Å². The third-order valence-electron chi connectivity index (χ3n) is 3.51. The molecule has 0 heterocycles. The number of amides is 1. The van der Waals surface area contributed by atoms with Crippen LogP contribution in [0, 0.1) is 0 Å². The second-order valence-corrected chi connectivity index (χ2v) is 5.40. The van der Waals surface area contributed by atoms with Crippen molar-refractivity contribution < 1.29 is 23.7 Å². The van der Waals surface area contributed by atoms with Gasteiger partial charge in [0.1, 0.15) is 5.75 Å². The van der Waals surface area contributed by atoms with Crippen LogP contribution in [0.1, 0.15) is 15.9 Å². The lowest BCUT2D eigenvalue weighted by molar-refractivity contribution is 0.0952. The Morgan fingerprint density at radius 1 is 0.962 bits per heavy atom. The van der Waals surface area contributed by atoms with E-state index in [1.807, 2.05) is 0 Å². The van der Waals surface area contributed by atoms with Crippen molar-refractivity contribution in [1.29, 1.82) is 0 Å². The zero-order chi connectivity index (χ0) is 19.1. The first-order valence-corrected chi connectivity index (χ1v) is 7.89. The van der Waals surface area contributed by atoms with Crippen molar-refractivity contribution in [3.8, 4) is 23.0 Å². The van der Waals surface area contributed by atoms with Crippen molar-refractivity contribution in [2.75, 3.05) is 28.4 Å². The third-order valence-corrected chi connectivity index (χ3v) is 3.75. The number of hydrogen-bond donors (Lipinski definition) is 1. The van der Waals surface area contributed by atoms with Gasteiger partial charge in [0.05, 0.1) is 40.2 Å². The largest absolute Gasteiger partial charge is 0.496 e. The van der Waals surface area contributed by atoms with E-state index in [2.05, 4.69) is 10.5 Å². The standard InChI is InChI=1S/C18H19ClN2O5/c1-23-14-8-6-12(19)9-13(14)18(22)21-20-10-11-5-7-15(24-2)17(26-4)16(11)25-3/h5-10H,1-4H3,(H,21,22). The van der Waals surface area contributed by atoms with Crippen molar-refractivity contribution in [2.24, 2.45) is 5.10 Å². The first-order valence-electron chi connectivity index (χ1n) is 7.51. The SMILES string of the molecule is COc1ccc(Cl)cc1C(=O)NN=Cc1ccc(OC)c(OC)c1OC. The smallest absolute Gasteiger partial charge is 0.275 e. The van der Waals surface area contributed by atoms with Crippen LogP contribution >= 0.6 is 11.6 Å². The number of benzene rings is 2. The molecule has 0 unspecified atom stereocenters. The topological polar surface area (TPSA) is 78.4 Å². The number of rotatable bonds is 7. The van der Waals surface area contributed by atoms with E-state index < -0.39 is 5.91 Å². The maximum absolute atomic E-state index is 12.3. The number of halogens is 1. The van der Waals surface area contributed by atoms with Gasteiger partial charge in [-0.1, -0.05) is 11.6 Å². The molecule has 7 nitrogen and oxygen atoms in total. The van der Waals surface area contributed by atoms with Crippen LogP contribution in [0.15, 0.2) is 35.4 Å². The summed E-state index contributed by atoms with van der Waals surface area (Å²) >= 11 is 5.93. The van der Waals surface area contributed by atoms with Gasteiger partial charge < -0.3 is 18.9 Å². The fraction of sp³-hybridized carbons (Fsp3) is 0.222. The molecule has 0 bridgehead atoms. The molecule has 0 aromatic heterocycles. The molecular formula is C18H19ClN2O5. The molecular weight excluding hydrogens is 360 g/mol. The van der Waals surface area contributed by atoms with Crippen LogP contribution in [0.2, 0.25) is 5.02 Å². The lowest BCUT2D eigenvalue weighted by Gasteiger charge is -2.13. The zero-order valence-electron chi connectivity index (χ0n) is 14.8. The number of methoxy groups -OCH3 is 4. The van der Waals surface area contributed by atoms with Crippen molar-refractivity contribution >= 4 is 23.7 Å². The number of hydrogen-bond acceptors (Lipinski definition) is 6. The normalized spacial score (nSPS) is 10.5. The zero-order valence-corrected chi connectivity index (χ0v) is 15.6. The number of carbonyl (C=O) groups is 1. The van der Waals surface area contributed by atoms with Crippen molar-refractivity contribution in [3.05, 3.63) is 46.5 Å². The van der Waals surface area contributed by atoms with E-state index in [0.717, 1.165) is 0 Å². The summed E-state index contributed by atoms with van der Waals surface area (Å²) in [4.78, 5) is 12.3. The molecule has 0 aliphatic rings. The Bertz CT molecular complexity index is 823. The van der Waals surface area contributed by atoms with Gasteiger partial charge in [-0.15, -0.1) is 0 Å². The number of carbonyl (C=O) groups excluding carboxylic acids is 1. The first kappa shape index (κ1) is 19.4. The summed E-state index contributed by atoms with van der Waals surface area (Å²) in [6, 6.07) is 8.19. The van der Waals surface area contributed by atoms with E-state index in [0.29, 0.717) is 33.6 Å². The maximum Gasteiger partial charge on any atom is 0.275 e. The van der Waals surface area contributed by atoms with Crippen LogP contribution in [-0.4, -0.2) is 40.6 Å². The molecule has 138 valence electrons. The highest BCUT2D eigenvalue weighted by molar-refractivity contribution is 6.31. The van der Waals surface area contributed by atoms with E-state index in [4.69, 9.17) is 30.5 Å². The van der Waals surface area contributed by atoms with Gasteiger partial charge in [-0.2, -0.15) is 5.10 Å². The summed E-state index contributed by atoms with van der Waals surface area (Å²) in [5, 5.41) is 4.38. The minimum Gasteiger partial charge on any atom is -0.496 e. The van der Waals surface area contributed by atoms with Crippen molar-refractivity contribution in [1.82, 2.24) is 5.43 Å². The molecule has 0 aliphatic carbocycles. The van der Waals surface area contributed by atoms with Crippen molar-refractivity contribution in [2.45, 2.75) is 0 Å². The number of nitrogens with one attached hydrogen (secondary N) is 1. The van der Waals surface area contributed by atoms with Gasteiger partial charge >= 0.3 is 0 Å². The molecule has 8 heteroatoms. The Labute approximate surface area is 156 Å². The quantitative estimate of drug-likeness (QED) is 0.591. The Morgan fingerprint density at radius 2 is 1.62 bits per heavy atom. The summed E-state index contributed by atoms with van der Waals surface area (Å²) in [6.07, 6.45) is 1.44. The molecule has 2 aromatic rings. The Balaban J connectivity index is 2.23. The minimum atomic E-state index is -0.458. The number of hydrazone groups is 1. The lowest BCUT2D eigenvalue weighted by atomic mass is 10.2. The van der Waals surface area contributed by atoms with Crippen LogP contribution < -0.4 is 24.4 Å². The second kappa shape index (κ2) is 8.96. The van der Waals surface area contributed by atoms with Crippen LogP contribution in [0.25, 0.3) is 0 Å². The molecule has 0 spiro atoms. The molecule has 0 saturated carbocycles. The predicted octanol–water partition coefficient (Wildman–Crippen LogP) is 3.14. The molecule has 2 rings (SSSR count). The van der Waals surface area contributed by atoms with Gasteiger partial charge in [-0.05, 0) is 30.3 Å².